The molecule has 0 unspecified atom stereocenters. The minimum atomic E-state index is -0.184. The first-order chi connectivity index (χ1) is 10.2. The Morgan fingerprint density at radius 1 is 1.24 bits per heavy atom. The molecule has 0 aliphatic rings. The van der Waals surface area contributed by atoms with Crippen LogP contribution in [-0.2, 0) is 0 Å². The Hall–Kier alpha value is -2.20. The molecule has 0 atom stereocenters. The van der Waals surface area contributed by atoms with Crippen molar-refractivity contribution < 1.29 is 9.53 Å². The summed E-state index contributed by atoms with van der Waals surface area (Å²) < 4.78 is 5.14. The van der Waals surface area contributed by atoms with Gasteiger partial charge in [-0.3, -0.25) is 4.79 Å². The lowest BCUT2D eigenvalue weighted by Gasteiger charge is -2.12. The molecule has 2 N–H and O–H groups in total. The van der Waals surface area contributed by atoms with Crippen molar-refractivity contribution in [1.82, 2.24) is 0 Å². The van der Waals surface area contributed by atoms with Gasteiger partial charge in [-0.25, -0.2) is 0 Å². The Bertz CT molecular complexity index is 644. The van der Waals surface area contributed by atoms with Gasteiger partial charge in [0.1, 0.15) is 5.75 Å². The molecular weight excluding hydrogens is 288 g/mol. The molecule has 2 rings (SSSR count). The number of methoxy groups -OCH3 is 1. The van der Waals surface area contributed by atoms with Crippen LogP contribution in [0.2, 0.25) is 5.02 Å². The molecule has 0 aliphatic heterocycles. The Labute approximate surface area is 129 Å². The van der Waals surface area contributed by atoms with E-state index in [-0.39, 0.29) is 5.91 Å². The second kappa shape index (κ2) is 6.99. The van der Waals surface area contributed by atoms with Gasteiger partial charge in [0.25, 0.3) is 5.91 Å². The fourth-order valence-corrected chi connectivity index (χ4v) is 2.16. The molecule has 0 radical (unpaired) electrons. The maximum atomic E-state index is 12.4. The summed E-state index contributed by atoms with van der Waals surface area (Å²) in [5.41, 5.74) is 2.03. The summed E-state index contributed by atoms with van der Waals surface area (Å²) in [6, 6.07) is 12.5. The lowest BCUT2D eigenvalue weighted by atomic mass is 10.1. The van der Waals surface area contributed by atoms with E-state index in [0.29, 0.717) is 22.0 Å². The average molecular weight is 305 g/mol. The summed E-state index contributed by atoms with van der Waals surface area (Å²) in [7, 11) is 1.54. The molecule has 0 spiro atoms. The fraction of sp³-hybridized carbons (Fsp3) is 0.188. The number of carbonyl (C=O) groups is 1. The minimum Gasteiger partial charge on any atom is -0.495 e. The number of halogens is 1. The van der Waals surface area contributed by atoms with E-state index in [4.69, 9.17) is 16.3 Å². The fourth-order valence-electron chi connectivity index (χ4n) is 1.96. The second-order valence-electron chi connectivity index (χ2n) is 4.38. The summed E-state index contributed by atoms with van der Waals surface area (Å²) in [5, 5.41) is 6.51. The van der Waals surface area contributed by atoms with Crippen LogP contribution in [-0.4, -0.2) is 19.6 Å². The third-order valence-corrected chi connectivity index (χ3v) is 3.26. The summed E-state index contributed by atoms with van der Waals surface area (Å²) in [5.74, 6) is 0.338. The number of anilines is 2. The summed E-state index contributed by atoms with van der Waals surface area (Å²) >= 11 is 5.97. The number of hydrogen-bond donors (Lipinski definition) is 2. The molecule has 1 amide bonds. The van der Waals surface area contributed by atoms with Crippen molar-refractivity contribution in [3.8, 4) is 5.75 Å². The van der Waals surface area contributed by atoms with Crippen LogP contribution in [0.15, 0.2) is 42.5 Å². The highest BCUT2D eigenvalue weighted by Gasteiger charge is 2.11. The van der Waals surface area contributed by atoms with E-state index in [2.05, 4.69) is 10.6 Å². The zero-order valence-electron chi connectivity index (χ0n) is 11.9. The summed E-state index contributed by atoms with van der Waals surface area (Å²) in [6.45, 7) is 2.73. The van der Waals surface area contributed by atoms with Crippen LogP contribution in [0.1, 0.15) is 17.3 Å². The molecule has 0 aromatic heterocycles. The van der Waals surface area contributed by atoms with E-state index in [0.717, 1.165) is 12.2 Å². The van der Waals surface area contributed by atoms with Crippen molar-refractivity contribution in [2.24, 2.45) is 0 Å². The first-order valence-corrected chi connectivity index (χ1v) is 7.01. The number of ether oxygens (including phenoxy) is 1. The number of benzene rings is 2. The molecule has 21 heavy (non-hydrogen) atoms. The van der Waals surface area contributed by atoms with Gasteiger partial charge in [-0.2, -0.15) is 0 Å². The molecule has 0 saturated carbocycles. The highest BCUT2D eigenvalue weighted by atomic mass is 35.5. The molecule has 4 nitrogen and oxygen atoms in total. The third-order valence-electron chi connectivity index (χ3n) is 2.95. The summed E-state index contributed by atoms with van der Waals surface area (Å²) in [6.07, 6.45) is 0. The number of carbonyl (C=O) groups excluding carboxylic acids is 1. The zero-order valence-corrected chi connectivity index (χ0v) is 12.7. The van der Waals surface area contributed by atoms with Crippen LogP contribution in [0.4, 0.5) is 11.4 Å². The minimum absolute atomic E-state index is 0.184. The molecule has 0 bridgehead atoms. The maximum absolute atomic E-state index is 12.4. The standard InChI is InChI=1S/C16H17ClN2O2/c1-3-18-14-7-5-4-6-12(14)16(20)19-11-8-9-13(17)15(10-11)21-2/h4-10,18H,3H2,1-2H3,(H,19,20). The Balaban J connectivity index is 2.22. The lowest BCUT2D eigenvalue weighted by Crippen LogP contribution is -2.14. The van der Waals surface area contributed by atoms with Crippen LogP contribution >= 0.6 is 11.6 Å². The number of rotatable bonds is 5. The van der Waals surface area contributed by atoms with E-state index < -0.39 is 0 Å². The van der Waals surface area contributed by atoms with Gasteiger partial charge in [-0.05, 0) is 31.2 Å². The van der Waals surface area contributed by atoms with E-state index >= 15 is 0 Å². The van der Waals surface area contributed by atoms with E-state index in [1.54, 1.807) is 24.3 Å². The number of para-hydroxylation sites is 1. The van der Waals surface area contributed by atoms with Crippen LogP contribution in [0.25, 0.3) is 0 Å². The summed E-state index contributed by atoms with van der Waals surface area (Å²) in [4.78, 5) is 12.4. The van der Waals surface area contributed by atoms with Crippen molar-refractivity contribution in [2.75, 3.05) is 24.3 Å². The van der Waals surface area contributed by atoms with Crippen LogP contribution in [0, 0.1) is 0 Å². The monoisotopic (exact) mass is 304 g/mol. The van der Waals surface area contributed by atoms with Gasteiger partial charge in [-0.1, -0.05) is 23.7 Å². The third kappa shape index (κ3) is 3.67. The molecule has 2 aromatic rings. The van der Waals surface area contributed by atoms with Gasteiger partial charge in [0.05, 0.1) is 17.7 Å². The van der Waals surface area contributed by atoms with Crippen LogP contribution < -0.4 is 15.4 Å². The zero-order chi connectivity index (χ0) is 15.2. The highest BCUT2D eigenvalue weighted by molar-refractivity contribution is 6.32. The van der Waals surface area contributed by atoms with E-state index in [9.17, 15) is 4.79 Å². The smallest absolute Gasteiger partial charge is 0.257 e. The second-order valence-corrected chi connectivity index (χ2v) is 4.79. The van der Waals surface area contributed by atoms with Gasteiger partial charge in [-0.15, -0.1) is 0 Å². The molecule has 0 saturated heterocycles. The molecule has 0 fully saturated rings. The lowest BCUT2D eigenvalue weighted by molar-refractivity contribution is 0.102. The van der Waals surface area contributed by atoms with Gasteiger partial charge < -0.3 is 15.4 Å². The number of hydrogen-bond acceptors (Lipinski definition) is 3. The van der Waals surface area contributed by atoms with Crippen molar-refractivity contribution in [3.05, 3.63) is 53.1 Å². The molecular formula is C16H17ClN2O2. The quantitative estimate of drug-likeness (QED) is 0.876. The number of nitrogens with one attached hydrogen (secondary N) is 2. The largest absolute Gasteiger partial charge is 0.495 e. The Morgan fingerprint density at radius 2 is 2.00 bits per heavy atom. The van der Waals surface area contributed by atoms with Gasteiger partial charge in [0.15, 0.2) is 0 Å². The molecule has 0 aliphatic carbocycles. The normalized spacial score (nSPS) is 10.0. The van der Waals surface area contributed by atoms with Crippen molar-refractivity contribution in [3.63, 3.8) is 0 Å². The highest BCUT2D eigenvalue weighted by Crippen LogP contribution is 2.28. The molecule has 110 valence electrons. The average Bonchev–Trinajstić information content (AvgIpc) is 2.50. The SMILES string of the molecule is CCNc1ccccc1C(=O)Nc1ccc(Cl)c(OC)c1. The first kappa shape index (κ1) is 15.2. The number of amides is 1. The Kier molecular flexibility index (Phi) is 5.06. The molecule has 0 heterocycles. The van der Waals surface area contributed by atoms with E-state index in [1.807, 2.05) is 25.1 Å². The Morgan fingerprint density at radius 3 is 2.71 bits per heavy atom. The van der Waals surface area contributed by atoms with Crippen LogP contribution in [0.3, 0.4) is 0 Å². The van der Waals surface area contributed by atoms with Gasteiger partial charge in [0.2, 0.25) is 0 Å². The first-order valence-electron chi connectivity index (χ1n) is 6.63. The topological polar surface area (TPSA) is 50.4 Å². The van der Waals surface area contributed by atoms with Crippen molar-refractivity contribution in [1.29, 1.82) is 0 Å². The van der Waals surface area contributed by atoms with Gasteiger partial charge >= 0.3 is 0 Å². The molecule has 2 aromatic carbocycles. The van der Waals surface area contributed by atoms with Crippen molar-refractivity contribution >= 4 is 28.9 Å². The maximum Gasteiger partial charge on any atom is 0.257 e. The molecule has 5 heteroatoms. The van der Waals surface area contributed by atoms with E-state index in [1.165, 1.54) is 7.11 Å². The predicted octanol–water partition coefficient (Wildman–Crippen LogP) is 4.03. The van der Waals surface area contributed by atoms with Gasteiger partial charge in [0, 0.05) is 24.0 Å². The van der Waals surface area contributed by atoms with Crippen LogP contribution in [0.5, 0.6) is 5.75 Å². The van der Waals surface area contributed by atoms with Crippen molar-refractivity contribution in [2.45, 2.75) is 6.92 Å². The predicted molar refractivity (Wildman–Crippen MR) is 86.6 cm³/mol.